The van der Waals surface area contributed by atoms with E-state index in [4.69, 9.17) is 1.37 Å². The highest BCUT2D eigenvalue weighted by molar-refractivity contribution is 6.65. The lowest BCUT2D eigenvalue weighted by molar-refractivity contribution is 0.426. The van der Waals surface area contributed by atoms with E-state index in [1.54, 1.807) is 0 Å². The van der Waals surface area contributed by atoms with E-state index in [9.17, 15) is 10.0 Å². The van der Waals surface area contributed by atoms with Gasteiger partial charge in [0.2, 0.25) is 0 Å². The van der Waals surface area contributed by atoms with Crippen molar-refractivity contribution < 1.29 is 11.4 Å². The summed E-state index contributed by atoms with van der Waals surface area (Å²) in [7, 11) is -1.56. The quantitative estimate of drug-likeness (QED) is 0.563. The molecule has 0 aromatic heterocycles. The Balaban J connectivity index is 2.22. The average Bonchev–Trinajstić information content (AvgIpc) is 2.59. The van der Waals surface area contributed by atoms with Crippen LogP contribution in [0.15, 0.2) is 72.8 Å². The van der Waals surface area contributed by atoms with Gasteiger partial charge in [-0.1, -0.05) is 72.8 Å². The van der Waals surface area contributed by atoms with Gasteiger partial charge in [0, 0.05) is 7.26 Å². The van der Waals surface area contributed by atoms with Crippen LogP contribution in [0.25, 0.3) is 21.5 Å². The van der Waals surface area contributed by atoms with Crippen LogP contribution >= 0.6 is 0 Å². The Morgan fingerprint density at radius 2 is 1.43 bits per heavy atom. The molecule has 23 heavy (non-hydrogen) atoms. The molecule has 0 aliphatic heterocycles. The first-order chi connectivity index (χ1) is 11.6. The highest BCUT2D eigenvalue weighted by atomic mass is 16.4. The molecular weight excluding hydrogens is 283 g/mol. The van der Waals surface area contributed by atoms with Crippen LogP contribution in [-0.2, 0) is 0 Å². The molecule has 0 bridgehead atoms. The van der Waals surface area contributed by atoms with Crippen LogP contribution < -0.4 is 5.46 Å². The first-order valence-electron chi connectivity index (χ1n) is 8.26. The van der Waals surface area contributed by atoms with Crippen LogP contribution in [0, 0.1) is 0 Å². The predicted octanol–water partition coefficient (Wildman–Crippen LogP) is 3.27. The Morgan fingerprint density at radius 3 is 1.91 bits per heavy atom. The van der Waals surface area contributed by atoms with E-state index in [1.165, 1.54) is 0 Å². The fourth-order valence-corrected chi connectivity index (χ4v) is 3.48. The van der Waals surface area contributed by atoms with Crippen LogP contribution in [-0.4, -0.2) is 17.2 Å². The van der Waals surface area contributed by atoms with Gasteiger partial charge in [0.05, 0.1) is 0 Å². The van der Waals surface area contributed by atoms with Gasteiger partial charge in [-0.2, -0.15) is 0 Å². The summed E-state index contributed by atoms with van der Waals surface area (Å²) in [5, 5.41) is 23.3. The van der Waals surface area contributed by atoms with Crippen LogP contribution in [0.5, 0.6) is 0 Å². The van der Waals surface area contributed by atoms with Gasteiger partial charge in [-0.3, -0.25) is 0 Å². The first-order valence-corrected chi connectivity index (χ1v) is 7.76. The van der Waals surface area contributed by atoms with Gasteiger partial charge >= 0.3 is 7.12 Å². The number of allylic oxidation sites excluding steroid dienone is 4. The zero-order valence-corrected chi connectivity index (χ0v) is 12.6. The van der Waals surface area contributed by atoms with Crippen LogP contribution in [0.1, 0.15) is 19.2 Å². The van der Waals surface area contributed by atoms with Crippen molar-refractivity contribution in [2.24, 2.45) is 0 Å². The van der Waals surface area contributed by atoms with Gasteiger partial charge in [-0.05, 0) is 39.0 Å². The summed E-state index contributed by atoms with van der Waals surface area (Å²) in [6.07, 6.45) is 8.39. The average molecular weight is 301 g/mol. The SMILES string of the molecule is [2H]C1(c2c3ccccc3c(B(O)O)c3ccccc23)C=CC=CC1. The van der Waals surface area contributed by atoms with Crippen molar-refractivity contribution in [1.82, 2.24) is 0 Å². The summed E-state index contributed by atoms with van der Waals surface area (Å²) in [6, 6.07) is 15.4. The Labute approximate surface area is 136 Å². The number of rotatable bonds is 2. The van der Waals surface area contributed by atoms with Crippen molar-refractivity contribution >= 4 is 34.1 Å². The summed E-state index contributed by atoms with van der Waals surface area (Å²) in [6.45, 7) is 0. The normalized spacial score (nSPS) is 20.9. The molecule has 3 aromatic rings. The fraction of sp³-hybridized carbons (Fsp3) is 0.100. The molecule has 2 N–H and O–H groups in total. The summed E-state index contributed by atoms with van der Waals surface area (Å²) in [5.74, 6) is -0.868. The molecule has 3 aromatic carbocycles. The molecule has 0 fully saturated rings. The molecule has 2 nitrogen and oxygen atoms in total. The van der Waals surface area contributed by atoms with Crippen LogP contribution in [0.4, 0.5) is 0 Å². The third-order valence-corrected chi connectivity index (χ3v) is 4.43. The van der Waals surface area contributed by atoms with Crippen molar-refractivity contribution in [3.05, 3.63) is 78.4 Å². The van der Waals surface area contributed by atoms with Gasteiger partial charge in [0.25, 0.3) is 0 Å². The van der Waals surface area contributed by atoms with Crippen molar-refractivity contribution in [3.8, 4) is 0 Å². The minimum atomic E-state index is -1.56. The molecule has 0 saturated heterocycles. The topological polar surface area (TPSA) is 40.5 Å². The summed E-state index contributed by atoms with van der Waals surface area (Å²) in [5.41, 5.74) is 1.42. The molecule has 112 valence electrons. The third kappa shape index (κ3) is 2.29. The molecule has 1 aliphatic carbocycles. The number of benzene rings is 3. The van der Waals surface area contributed by atoms with Gasteiger partial charge in [-0.25, -0.2) is 0 Å². The van der Waals surface area contributed by atoms with Gasteiger partial charge in [0.15, 0.2) is 0 Å². The van der Waals surface area contributed by atoms with Crippen molar-refractivity contribution in [3.63, 3.8) is 0 Å². The van der Waals surface area contributed by atoms with Crippen molar-refractivity contribution in [2.75, 3.05) is 0 Å². The minimum absolute atomic E-state index is 0.504. The largest absolute Gasteiger partial charge is 0.489 e. The monoisotopic (exact) mass is 301 g/mol. The van der Waals surface area contributed by atoms with Crippen LogP contribution in [0.2, 0.25) is 0 Å². The Kier molecular flexibility index (Phi) is 3.25. The number of hydrogen-bond donors (Lipinski definition) is 2. The molecule has 0 radical (unpaired) electrons. The standard InChI is InChI=1S/C20H17BO2/c22-21(23)20-17-12-6-4-10-15(17)19(14-8-2-1-3-9-14)16-11-5-7-13-18(16)20/h1-8,10-14,22-23H,9H2/i14D. The maximum Gasteiger partial charge on any atom is 0.489 e. The van der Waals surface area contributed by atoms with E-state index in [2.05, 4.69) is 0 Å². The second kappa shape index (κ2) is 5.69. The first kappa shape index (κ1) is 13.1. The molecule has 0 spiro atoms. The Hall–Kier alpha value is -2.36. The molecular formula is C20H17BO2. The lowest BCUT2D eigenvalue weighted by Gasteiger charge is -2.21. The number of fused-ring (bicyclic) bond motifs is 2. The predicted molar refractivity (Wildman–Crippen MR) is 96.9 cm³/mol. The Bertz CT molecular complexity index is 937. The molecule has 1 unspecified atom stereocenters. The second-order valence-corrected chi connectivity index (χ2v) is 5.77. The molecule has 0 amide bonds. The Morgan fingerprint density at radius 1 is 0.870 bits per heavy atom. The lowest BCUT2D eigenvalue weighted by Crippen LogP contribution is -2.31. The van der Waals surface area contributed by atoms with Gasteiger partial charge in [-0.15, -0.1) is 0 Å². The van der Waals surface area contributed by atoms with E-state index < -0.39 is 13.0 Å². The molecule has 3 heteroatoms. The summed E-state index contributed by atoms with van der Waals surface area (Å²) >= 11 is 0. The van der Waals surface area contributed by atoms with Crippen molar-refractivity contribution in [1.29, 1.82) is 0 Å². The third-order valence-electron chi connectivity index (χ3n) is 4.43. The zero-order valence-electron chi connectivity index (χ0n) is 13.6. The smallest absolute Gasteiger partial charge is 0.423 e. The molecule has 0 heterocycles. The number of hydrogen-bond acceptors (Lipinski definition) is 2. The summed E-state index contributed by atoms with van der Waals surface area (Å²) in [4.78, 5) is 0. The molecule has 0 saturated carbocycles. The summed E-state index contributed by atoms with van der Waals surface area (Å²) < 4.78 is 9.04. The van der Waals surface area contributed by atoms with Crippen molar-refractivity contribution in [2.45, 2.75) is 12.3 Å². The molecule has 1 aliphatic rings. The van der Waals surface area contributed by atoms with E-state index >= 15 is 0 Å². The highest BCUT2D eigenvalue weighted by Gasteiger charge is 2.23. The molecule has 1 atom stereocenters. The fourth-order valence-electron chi connectivity index (χ4n) is 3.48. The maximum atomic E-state index is 9.97. The molecule has 4 rings (SSSR count). The lowest BCUT2D eigenvalue weighted by atomic mass is 9.71. The van der Waals surface area contributed by atoms with Gasteiger partial charge in [0.1, 0.15) is 0 Å². The van der Waals surface area contributed by atoms with E-state index in [0.717, 1.165) is 27.1 Å². The second-order valence-electron chi connectivity index (χ2n) is 5.77. The minimum Gasteiger partial charge on any atom is -0.423 e. The van der Waals surface area contributed by atoms with Crippen LogP contribution in [0.3, 0.4) is 0 Å². The highest BCUT2D eigenvalue weighted by Crippen LogP contribution is 2.36. The van der Waals surface area contributed by atoms with E-state index in [1.807, 2.05) is 72.8 Å². The maximum absolute atomic E-state index is 9.97. The van der Waals surface area contributed by atoms with E-state index in [-0.39, 0.29) is 0 Å². The van der Waals surface area contributed by atoms with Gasteiger partial charge < -0.3 is 10.0 Å². The zero-order chi connectivity index (χ0) is 16.7. The van der Waals surface area contributed by atoms with E-state index in [0.29, 0.717) is 11.9 Å².